The molecule has 0 heterocycles. The topological polar surface area (TPSA) is 60.2 Å². The molecule has 0 aromatic heterocycles. The molecule has 1 unspecified atom stereocenters. The van der Waals surface area contributed by atoms with Crippen molar-refractivity contribution in [1.82, 2.24) is 0 Å². The molecule has 0 aliphatic carbocycles. The number of hydrogen-bond acceptors (Lipinski definition) is 3. The van der Waals surface area contributed by atoms with Crippen molar-refractivity contribution in [2.75, 3.05) is 0 Å². The zero-order valence-corrected chi connectivity index (χ0v) is 6.09. The summed E-state index contributed by atoms with van der Waals surface area (Å²) in [6, 6.07) is -2.77. The van der Waals surface area contributed by atoms with Crippen LogP contribution in [0.2, 0.25) is 0 Å². The van der Waals surface area contributed by atoms with Crippen LogP contribution in [0.5, 0.6) is 0 Å². The molecule has 0 fully saturated rings. The van der Waals surface area contributed by atoms with E-state index in [4.69, 9.17) is 0 Å². The normalized spacial score (nSPS) is 14.0. The number of carbonyl (C=O) groups excluding carboxylic acids is 1. The Morgan fingerprint density at radius 3 is 2.08 bits per heavy atom. The lowest BCUT2D eigenvalue weighted by Crippen LogP contribution is -2.37. The Bertz CT molecular complexity index is 201. The Labute approximate surface area is 65.5 Å². The van der Waals surface area contributed by atoms with Crippen LogP contribution in [0, 0.1) is 10.1 Å². The maximum absolute atomic E-state index is 11.7. The summed E-state index contributed by atoms with van der Waals surface area (Å²) in [6.07, 6.45) is -6.05. The van der Waals surface area contributed by atoms with Gasteiger partial charge in [-0.1, -0.05) is 0 Å². The van der Waals surface area contributed by atoms with Gasteiger partial charge in [-0.2, -0.15) is 13.2 Å². The fourth-order valence-electron chi connectivity index (χ4n) is 0.582. The van der Waals surface area contributed by atoms with Crippen LogP contribution in [-0.2, 0) is 4.79 Å². The first kappa shape index (κ1) is 10.9. The van der Waals surface area contributed by atoms with E-state index < -0.39 is 29.3 Å². The van der Waals surface area contributed by atoms with Gasteiger partial charge in [-0.3, -0.25) is 14.9 Å². The summed E-state index contributed by atoms with van der Waals surface area (Å²) in [5, 5.41) is 9.81. The number of nitrogens with zero attached hydrogens (tertiary/aromatic N) is 1. The standard InChI is InChI=1S/C5H6F3NO3/c1-3(10)2-4(9(11)12)5(6,7)8/h4H,2H2,1H3. The maximum Gasteiger partial charge on any atom is 0.457 e. The average molecular weight is 185 g/mol. The lowest BCUT2D eigenvalue weighted by molar-refractivity contribution is -0.561. The Morgan fingerprint density at radius 1 is 1.58 bits per heavy atom. The molecule has 0 saturated heterocycles. The lowest BCUT2D eigenvalue weighted by atomic mass is 10.1. The quantitative estimate of drug-likeness (QED) is 0.489. The lowest BCUT2D eigenvalue weighted by Gasteiger charge is -2.10. The van der Waals surface area contributed by atoms with Crippen molar-refractivity contribution in [3.05, 3.63) is 10.1 Å². The second kappa shape index (κ2) is 3.51. The highest BCUT2D eigenvalue weighted by molar-refractivity contribution is 5.76. The molecule has 1 atom stereocenters. The molecule has 0 spiro atoms. The van der Waals surface area contributed by atoms with Crippen molar-refractivity contribution >= 4 is 5.78 Å². The third kappa shape index (κ3) is 3.31. The van der Waals surface area contributed by atoms with E-state index >= 15 is 0 Å². The molecule has 12 heavy (non-hydrogen) atoms. The van der Waals surface area contributed by atoms with Gasteiger partial charge in [0.15, 0.2) is 0 Å². The maximum atomic E-state index is 11.7. The Morgan fingerprint density at radius 2 is 2.00 bits per heavy atom. The first-order valence-corrected chi connectivity index (χ1v) is 2.94. The van der Waals surface area contributed by atoms with Crippen molar-refractivity contribution in [2.24, 2.45) is 0 Å². The molecule has 0 saturated carbocycles. The van der Waals surface area contributed by atoms with Gasteiger partial charge in [0, 0.05) is 4.92 Å². The zero-order chi connectivity index (χ0) is 9.94. The van der Waals surface area contributed by atoms with Gasteiger partial charge in [-0.25, -0.2) is 0 Å². The SMILES string of the molecule is CC(=O)CC([N+](=O)[O-])C(F)(F)F. The number of alkyl halides is 3. The van der Waals surface area contributed by atoms with E-state index in [0.717, 1.165) is 6.92 Å². The predicted octanol–water partition coefficient (Wildman–Crippen LogP) is 1.17. The predicted molar refractivity (Wildman–Crippen MR) is 32.1 cm³/mol. The van der Waals surface area contributed by atoms with Crippen LogP contribution < -0.4 is 0 Å². The third-order valence-electron chi connectivity index (χ3n) is 1.11. The van der Waals surface area contributed by atoms with E-state index in [0.29, 0.717) is 0 Å². The summed E-state index contributed by atoms with van der Waals surface area (Å²) < 4.78 is 35.2. The number of carbonyl (C=O) groups is 1. The molecule has 0 bridgehead atoms. The second-order valence-corrected chi connectivity index (χ2v) is 2.25. The van der Waals surface area contributed by atoms with E-state index in [1.165, 1.54) is 0 Å². The molecular weight excluding hydrogens is 179 g/mol. The van der Waals surface area contributed by atoms with Crippen molar-refractivity contribution in [1.29, 1.82) is 0 Å². The number of ketones is 1. The minimum absolute atomic E-state index is 0.853. The molecule has 70 valence electrons. The zero-order valence-electron chi connectivity index (χ0n) is 6.09. The molecular formula is C5H6F3NO3. The van der Waals surface area contributed by atoms with Gasteiger partial charge in [-0.15, -0.1) is 0 Å². The van der Waals surface area contributed by atoms with Gasteiger partial charge in [0.1, 0.15) is 5.78 Å². The van der Waals surface area contributed by atoms with Gasteiger partial charge in [0.2, 0.25) is 0 Å². The van der Waals surface area contributed by atoms with Gasteiger partial charge in [0.25, 0.3) is 0 Å². The Balaban J connectivity index is 4.46. The summed E-state index contributed by atoms with van der Waals surface area (Å²) in [7, 11) is 0. The Kier molecular flexibility index (Phi) is 3.17. The van der Waals surface area contributed by atoms with Gasteiger partial charge >= 0.3 is 12.2 Å². The molecule has 0 aromatic carbocycles. The molecule has 0 radical (unpaired) electrons. The van der Waals surface area contributed by atoms with Crippen LogP contribution >= 0.6 is 0 Å². The second-order valence-electron chi connectivity index (χ2n) is 2.25. The summed E-state index contributed by atoms with van der Waals surface area (Å²) in [6.45, 7) is 0.877. The van der Waals surface area contributed by atoms with Crippen LogP contribution in [-0.4, -0.2) is 22.9 Å². The van der Waals surface area contributed by atoms with E-state index in [2.05, 4.69) is 0 Å². The number of Topliss-reactive ketones (excluding diaryl/α,β-unsaturated/α-hetero) is 1. The fraction of sp³-hybridized carbons (Fsp3) is 0.800. The van der Waals surface area contributed by atoms with Gasteiger partial charge in [0.05, 0.1) is 6.42 Å². The first-order valence-electron chi connectivity index (χ1n) is 2.94. The molecule has 0 aromatic rings. The van der Waals surface area contributed by atoms with Crippen LogP contribution in [0.1, 0.15) is 13.3 Å². The summed E-state index contributed by atoms with van der Waals surface area (Å²) >= 11 is 0. The minimum Gasteiger partial charge on any atom is -0.300 e. The van der Waals surface area contributed by atoms with Crippen LogP contribution in [0.3, 0.4) is 0 Å². The van der Waals surface area contributed by atoms with Crippen molar-refractivity contribution in [3.63, 3.8) is 0 Å². The molecule has 0 N–H and O–H groups in total. The average Bonchev–Trinajstić information content (AvgIpc) is 1.79. The molecule has 0 aliphatic rings. The molecule has 0 amide bonds. The van der Waals surface area contributed by atoms with Crippen LogP contribution in [0.25, 0.3) is 0 Å². The molecule has 4 nitrogen and oxygen atoms in total. The number of nitro groups is 1. The number of halogens is 3. The molecule has 0 aliphatic heterocycles. The smallest absolute Gasteiger partial charge is 0.300 e. The van der Waals surface area contributed by atoms with Crippen molar-refractivity contribution in [2.45, 2.75) is 25.6 Å². The fourth-order valence-corrected chi connectivity index (χ4v) is 0.582. The third-order valence-corrected chi connectivity index (χ3v) is 1.11. The largest absolute Gasteiger partial charge is 0.457 e. The highest BCUT2D eigenvalue weighted by Crippen LogP contribution is 2.24. The summed E-state index contributed by atoms with van der Waals surface area (Å²) in [5.74, 6) is -0.853. The summed E-state index contributed by atoms with van der Waals surface area (Å²) in [4.78, 5) is 18.5. The van der Waals surface area contributed by atoms with E-state index in [-0.39, 0.29) is 0 Å². The summed E-state index contributed by atoms with van der Waals surface area (Å²) in [5.41, 5.74) is 0. The molecule has 0 rings (SSSR count). The molecule has 7 heteroatoms. The van der Waals surface area contributed by atoms with Gasteiger partial charge in [-0.05, 0) is 6.92 Å². The van der Waals surface area contributed by atoms with Crippen molar-refractivity contribution in [3.8, 4) is 0 Å². The first-order chi connectivity index (χ1) is 5.25. The number of hydrogen-bond donors (Lipinski definition) is 0. The van der Waals surface area contributed by atoms with Gasteiger partial charge < -0.3 is 0 Å². The van der Waals surface area contributed by atoms with Crippen molar-refractivity contribution < 1.29 is 22.9 Å². The Hall–Kier alpha value is -1.14. The highest BCUT2D eigenvalue weighted by atomic mass is 19.4. The van der Waals surface area contributed by atoms with E-state index in [9.17, 15) is 28.1 Å². The van der Waals surface area contributed by atoms with E-state index in [1.807, 2.05) is 0 Å². The van der Waals surface area contributed by atoms with Crippen LogP contribution in [0.4, 0.5) is 13.2 Å². The monoisotopic (exact) mass is 185 g/mol. The minimum atomic E-state index is -4.95. The van der Waals surface area contributed by atoms with E-state index in [1.54, 1.807) is 0 Å². The highest BCUT2D eigenvalue weighted by Gasteiger charge is 2.49. The van der Waals surface area contributed by atoms with Crippen LogP contribution in [0.15, 0.2) is 0 Å². The number of rotatable bonds is 3.